The van der Waals surface area contributed by atoms with E-state index in [-0.39, 0.29) is 12.0 Å². The zero-order chi connectivity index (χ0) is 13.8. The van der Waals surface area contributed by atoms with Crippen molar-refractivity contribution in [2.75, 3.05) is 13.1 Å². The summed E-state index contributed by atoms with van der Waals surface area (Å²) in [6, 6.07) is 0.200. The number of rotatable bonds is 4. The van der Waals surface area contributed by atoms with Crippen LogP contribution in [0.4, 0.5) is 0 Å². The lowest BCUT2D eigenvalue weighted by Crippen LogP contribution is -2.39. The topological polar surface area (TPSA) is 46.3 Å². The Morgan fingerprint density at radius 1 is 1.21 bits per heavy atom. The van der Waals surface area contributed by atoms with Crippen LogP contribution in [-0.2, 0) is 4.79 Å². The number of carbonyl (C=O) groups is 1. The molecule has 0 aromatic carbocycles. The molecule has 0 aromatic rings. The fraction of sp³-hybridized carbons (Fsp3) is 0.938. The van der Waals surface area contributed by atoms with Gasteiger partial charge in [-0.1, -0.05) is 46.0 Å². The molecule has 1 amide bonds. The largest absolute Gasteiger partial charge is 0.341 e. The van der Waals surface area contributed by atoms with E-state index in [1.165, 1.54) is 32.1 Å². The van der Waals surface area contributed by atoms with E-state index in [1.54, 1.807) is 0 Å². The van der Waals surface area contributed by atoms with Gasteiger partial charge < -0.3 is 10.6 Å². The van der Waals surface area contributed by atoms with Crippen LogP contribution >= 0.6 is 0 Å². The standard InChI is InChI=1S/C16H30N2O/c1-12(2)15(10-13-6-4-3-5-7-13)16(19)18-9-8-14(17)11-18/h12-15H,3-11,17H2,1-2H3/t14-,15?/m1/s1. The van der Waals surface area contributed by atoms with Crippen LogP contribution in [-0.4, -0.2) is 29.9 Å². The molecule has 1 aliphatic heterocycles. The van der Waals surface area contributed by atoms with Crippen LogP contribution in [0.2, 0.25) is 0 Å². The number of nitrogens with zero attached hydrogens (tertiary/aromatic N) is 1. The highest BCUT2D eigenvalue weighted by Gasteiger charge is 2.32. The van der Waals surface area contributed by atoms with E-state index in [1.807, 2.05) is 4.90 Å². The highest BCUT2D eigenvalue weighted by Crippen LogP contribution is 2.32. The first kappa shape index (κ1) is 14.8. The normalized spacial score (nSPS) is 26.9. The third-order valence-corrected chi connectivity index (χ3v) is 4.97. The summed E-state index contributed by atoms with van der Waals surface area (Å²) >= 11 is 0. The van der Waals surface area contributed by atoms with E-state index >= 15 is 0 Å². The van der Waals surface area contributed by atoms with E-state index in [0.717, 1.165) is 31.8 Å². The lowest BCUT2D eigenvalue weighted by atomic mass is 9.79. The molecule has 3 heteroatoms. The van der Waals surface area contributed by atoms with E-state index in [4.69, 9.17) is 5.73 Å². The molecule has 3 nitrogen and oxygen atoms in total. The van der Waals surface area contributed by atoms with Crippen molar-refractivity contribution in [2.24, 2.45) is 23.5 Å². The summed E-state index contributed by atoms with van der Waals surface area (Å²) in [6.07, 6.45) is 8.84. The molecule has 1 saturated carbocycles. The highest BCUT2D eigenvalue weighted by atomic mass is 16.2. The Hall–Kier alpha value is -0.570. The maximum Gasteiger partial charge on any atom is 0.226 e. The van der Waals surface area contributed by atoms with Crippen molar-refractivity contribution < 1.29 is 4.79 Å². The Balaban J connectivity index is 1.92. The lowest BCUT2D eigenvalue weighted by Gasteiger charge is -2.30. The Morgan fingerprint density at radius 2 is 1.89 bits per heavy atom. The summed E-state index contributed by atoms with van der Waals surface area (Å²) in [7, 11) is 0. The second-order valence-electron chi connectivity index (χ2n) is 6.92. The van der Waals surface area contributed by atoms with Gasteiger partial charge >= 0.3 is 0 Å². The van der Waals surface area contributed by atoms with Crippen molar-refractivity contribution in [1.82, 2.24) is 4.90 Å². The molecule has 0 bridgehead atoms. The summed E-state index contributed by atoms with van der Waals surface area (Å²) in [4.78, 5) is 14.7. The van der Waals surface area contributed by atoms with Crippen LogP contribution in [0.15, 0.2) is 0 Å². The number of hydrogen-bond acceptors (Lipinski definition) is 2. The number of carbonyl (C=O) groups excluding carboxylic acids is 1. The predicted octanol–water partition coefficient (Wildman–Crippen LogP) is 2.79. The quantitative estimate of drug-likeness (QED) is 0.850. The molecule has 0 spiro atoms. The van der Waals surface area contributed by atoms with Crippen LogP contribution in [0.3, 0.4) is 0 Å². The molecular formula is C16H30N2O. The van der Waals surface area contributed by atoms with E-state index in [0.29, 0.717) is 11.8 Å². The van der Waals surface area contributed by atoms with Gasteiger partial charge in [-0.15, -0.1) is 0 Å². The van der Waals surface area contributed by atoms with Gasteiger partial charge in [0, 0.05) is 25.0 Å². The molecule has 2 atom stereocenters. The minimum atomic E-state index is 0.200. The molecule has 2 rings (SSSR count). The fourth-order valence-corrected chi connectivity index (χ4v) is 3.66. The van der Waals surface area contributed by atoms with Crippen LogP contribution < -0.4 is 5.73 Å². The van der Waals surface area contributed by atoms with Crippen molar-refractivity contribution >= 4 is 5.91 Å². The predicted molar refractivity (Wildman–Crippen MR) is 78.7 cm³/mol. The minimum absolute atomic E-state index is 0.200. The molecule has 2 fully saturated rings. The maximum atomic E-state index is 12.7. The van der Waals surface area contributed by atoms with Crippen LogP contribution in [0.25, 0.3) is 0 Å². The van der Waals surface area contributed by atoms with Gasteiger partial charge in [0.05, 0.1) is 0 Å². The smallest absolute Gasteiger partial charge is 0.226 e. The van der Waals surface area contributed by atoms with Crippen LogP contribution in [0.5, 0.6) is 0 Å². The monoisotopic (exact) mass is 266 g/mol. The van der Waals surface area contributed by atoms with E-state index in [9.17, 15) is 4.79 Å². The Bertz CT molecular complexity index is 297. The summed E-state index contributed by atoms with van der Waals surface area (Å²) in [5, 5.41) is 0. The van der Waals surface area contributed by atoms with Crippen molar-refractivity contribution in [3.05, 3.63) is 0 Å². The second kappa shape index (κ2) is 6.74. The Kier molecular flexibility index (Phi) is 5.26. The average molecular weight is 266 g/mol. The maximum absolute atomic E-state index is 12.7. The first-order valence-electron chi connectivity index (χ1n) is 8.12. The van der Waals surface area contributed by atoms with Gasteiger partial charge in [0.15, 0.2) is 0 Å². The third-order valence-electron chi connectivity index (χ3n) is 4.97. The highest BCUT2D eigenvalue weighted by molar-refractivity contribution is 5.79. The SMILES string of the molecule is CC(C)C(CC1CCCCC1)C(=O)N1CC[C@@H](N)C1. The number of amides is 1. The van der Waals surface area contributed by atoms with Gasteiger partial charge in [-0.25, -0.2) is 0 Å². The van der Waals surface area contributed by atoms with Crippen LogP contribution in [0, 0.1) is 17.8 Å². The fourth-order valence-electron chi connectivity index (χ4n) is 3.66. The summed E-state index contributed by atoms with van der Waals surface area (Å²) in [6.45, 7) is 6.03. The molecule has 0 aromatic heterocycles. The molecule has 1 heterocycles. The van der Waals surface area contributed by atoms with Crippen molar-refractivity contribution in [1.29, 1.82) is 0 Å². The first-order chi connectivity index (χ1) is 9.08. The molecule has 0 radical (unpaired) electrons. The van der Waals surface area contributed by atoms with Gasteiger partial charge in [0.1, 0.15) is 0 Å². The van der Waals surface area contributed by atoms with Crippen LogP contribution in [0.1, 0.15) is 58.8 Å². The van der Waals surface area contributed by atoms with Crippen molar-refractivity contribution in [3.63, 3.8) is 0 Å². The van der Waals surface area contributed by atoms with Gasteiger partial charge in [0.25, 0.3) is 0 Å². The Labute approximate surface area is 117 Å². The summed E-state index contributed by atoms with van der Waals surface area (Å²) in [5.41, 5.74) is 5.93. The molecule has 2 aliphatic rings. The van der Waals surface area contributed by atoms with Crippen molar-refractivity contribution in [3.8, 4) is 0 Å². The molecule has 19 heavy (non-hydrogen) atoms. The van der Waals surface area contributed by atoms with Gasteiger partial charge in [0.2, 0.25) is 5.91 Å². The second-order valence-corrected chi connectivity index (χ2v) is 6.92. The van der Waals surface area contributed by atoms with E-state index in [2.05, 4.69) is 13.8 Å². The van der Waals surface area contributed by atoms with Gasteiger partial charge in [-0.2, -0.15) is 0 Å². The summed E-state index contributed by atoms with van der Waals surface area (Å²) in [5.74, 6) is 1.81. The minimum Gasteiger partial charge on any atom is -0.341 e. The lowest BCUT2D eigenvalue weighted by molar-refractivity contribution is -0.136. The third kappa shape index (κ3) is 3.95. The summed E-state index contributed by atoms with van der Waals surface area (Å²) < 4.78 is 0. The number of nitrogens with two attached hydrogens (primary N) is 1. The zero-order valence-corrected chi connectivity index (χ0v) is 12.6. The van der Waals surface area contributed by atoms with Crippen molar-refractivity contribution in [2.45, 2.75) is 64.8 Å². The molecule has 1 aliphatic carbocycles. The van der Waals surface area contributed by atoms with Gasteiger partial charge in [-0.3, -0.25) is 4.79 Å². The average Bonchev–Trinajstić information content (AvgIpc) is 2.83. The Morgan fingerprint density at radius 3 is 2.42 bits per heavy atom. The number of likely N-dealkylation sites (tertiary alicyclic amines) is 1. The zero-order valence-electron chi connectivity index (χ0n) is 12.6. The number of hydrogen-bond donors (Lipinski definition) is 1. The molecule has 1 saturated heterocycles. The first-order valence-corrected chi connectivity index (χ1v) is 8.12. The molecular weight excluding hydrogens is 236 g/mol. The van der Waals surface area contributed by atoms with E-state index < -0.39 is 0 Å². The molecule has 1 unspecified atom stereocenters. The molecule has 2 N–H and O–H groups in total. The van der Waals surface area contributed by atoms with Gasteiger partial charge in [-0.05, 0) is 24.7 Å². The molecule has 110 valence electrons.